The maximum atomic E-state index is 12.4. The van der Waals surface area contributed by atoms with Crippen LogP contribution in [-0.4, -0.2) is 26.3 Å². The first-order chi connectivity index (χ1) is 12.1. The number of ketones is 1. The molecule has 130 valence electrons. The van der Waals surface area contributed by atoms with Crippen molar-refractivity contribution in [2.24, 2.45) is 0 Å². The minimum absolute atomic E-state index is 0.0966. The van der Waals surface area contributed by atoms with Gasteiger partial charge in [-0.15, -0.1) is 10.2 Å². The molecule has 0 aliphatic carbocycles. The quantitative estimate of drug-likeness (QED) is 0.464. The second kappa shape index (κ2) is 7.70. The number of nitrogens with zero attached hydrogens (tertiary/aromatic N) is 3. The molecule has 3 aromatic rings. The van der Waals surface area contributed by atoms with Crippen LogP contribution in [0.4, 0.5) is 0 Å². The number of benzene rings is 1. The standard InChI is InChI=1S/C19H21N3O2S/c1-4-14-6-8-15(9-7-14)17(23)12-25-19-21-20-18(22(19)5-2)16-10-11-24-13(16)3/h6-11H,4-5,12H2,1-3H3. The predicted octanol–water partition coefficient (Wildman–Crippen LogP) is 4.40. The molecule has 0 radical (unpaired) electrons. The lowest BCUT2D eigenvalue weighted by molar-refractivity contribution is 0.102. The monoisotopic (exact) mass is 355 g/mol. The van der Waals surface area contributed by atoms with Crippen LogP contribution in [0.5, 0.6) is 0 Å². The van der Waals surface area contributed by atoms with Crippen LogP contribution in [0.2, 0.25) is 0 Å². The Kier molecular flexibility index (Phi) is 5.38. The Labute approximate surface area is 151 Å². The molecule has 5 nitrogen and oxygen atoms in total. The topological polar surface area (TPSA) is 60.9 Å². The highest BCUT2D eigenvalue weighted by molar-refractivity contribution is 7.99. The van der Waals surface area contributed by atoms with Crippen LogP contribution >= 0.6 is 11.8 Å². The van der Waals surface area contributed by atoms with Crippen molar-refractivity contribution in [3.05, 3.63) is 53.5 Å². The van der Waals surface area contributed by atoms with Crippen LogP contribution in [0, 0.1) is 6.92 Å². The molecule has 2 heterocycles. The fraction of sp³-hybridized carbons (Fsp3) is 0.316. The molecule has 25 heavy (non-hydrogen) atoms. The molecule has 0 unspecified atom stereocenters. The summed E-state index contributed by atoms with van der Waals surface area (Å²) in [5, 5.41) is 9.29. The van der Waals surface area contributed by atoms with Crippen molar-refractivity contribution >= 4 is 17.5 Å². The first kappa shape index (κ1) is 17.5. The Morgan fingerprint density at radius 1 is 1.16 bits per heavy atom. The van der Waals surface area contributed by atoms with Crippen molar-refractivity contribution in [1.29, 1.82) is 0 Å². The SMILES string of the molecule is CCc1ccc(C(=O)CSc2nnc(-c3ccoc3C)n2CC)cc1. The Bertz CT molecular complexity index is 865. The van der Waals surface area contributed by atoms with Crippen molar-refractivity contribution in [2.75, 3.05) is 5.75 Å². The van der Waals surface area contributed by atoms with E-state index in [2.05, 4.69) is 17.1 Å². The van der Waals surface area contributed by atoms with Crippen molar-refractivity contribution < 1.29 is 9.21 Å². The Morgan fingerprint density at radius 3 is 2.52 bits per heavy atom. The van der Waals surface area contributed by atoms with E-state index >= 15 is 0 Å². The average Bonchev–Trinajstić information content (AvgIpc) is 3.24. The molecule has 0 amide bonds. The summed E-state index contributed by atoms with van der Waals surface area (Å²) < 4.78 is 7.37. The maximum Gasteiger partial charge on any atom is 0.191 e. The molecule has 0 spiro atoms. The normalized spacial score (nSPS) is 11.0. The van der Waals surface area contributed by atoms with Gasteiger partial charge < -0.3 is 8.98 Å². The van der Waals surface area contributed by atoms with E-state index in [0.29, 0.717) is 5.75 Å². The lowest BCUT2D eigenvalue weighted by Gasteiger charge is -2.06. The van der Waals surface area contributed by atoms with E-state index in [0.717, 1.165) is 40.8 Å². The fourth-order valence-corrected chi connectivity index (χ4v) is 3.53. The van der Waals surface area contributed by atoms with Gasteiger partial charge in [0, 0.05) is 12.1 Å². The third-order valence-electron chi connectivity index (χ3n) is 4.15. The smallest absolute Gasteiger partial charge is 0.191 e. The van der Waals surface area contributed by atoms with Gasteiger partial charge in [-0.25, -0.2) is 0 Å². The molecule has 6 heteroatoms. The number of thioether (sulfide) groups is 1. The highest BCUT2D eigenvalue weighted by atomic mass is 32.2. The van der Waals surface area contributed by atoms with Crippen molar-refractivity contribution in [2.45, 2.75) is 38.9 Å². The average molecular weight is 355 g/mol. The zero-order valence-corrected chi connectivity index (χ0v) is 15.5. The number of hydrogen-bond donors (Lipinski definition) is 0. The number of carbonyl (C=O) groups excluding carboxylic acids is 1. The van der Waals surface area contributed by atoms with Gasteiger partial charge in [0.15, 0.2) is 16.8 Å². The zero-order chi connectivity index (χ0) is 17.8. The van der Waals surface area contributed by atoms with E-state index in [1.54, 1.807) is 6.26 Å². The molecular weight excluding hydrogens is 334 g/mol. The van der Waals surface area contributed by atoms with Crippen LogP contribution < -0.4 is 0 Å². The van der Waals surface area contributed by atoms with Crippen LogP contribution in [0.1, 0.15) is 35.5 Å². The van der Waals surface area contributed by atoms with Crippen LogP contribution in [0.3, 0.4) is 0 Å². The molecule has 0 saturated heterocycles. The Hall–Kier alpha value is -2.34. The molecule has 0 aliphatic heterocycles. The van der Waals surface area contributed by atoms with Gasteiger partial charge >= 0.3 is 0 Å². The van der Waals surface area contributed by atoms with Gasteiger partial charge in [0.1, 0.15) is 5.76 Å². The van der Waals surface area contributed by atoms with Gasteiger partial charge in [0.25, 0.3) is 0 Å². The zero-order valence-electron chi connectivity index (χ0n) is 14.7. The molecule has 0 bridgehead atoms. The first-order valence-electron chi connectivity index (χ1n) is 8.36. The van der Waals surface area contributed by atoms with Gasteiger partial charge in [0.05, 0.1) is 17.6 Å². The van der Waals surface area contributed by atoms with Gasteiger partial charge in [-0.2, -0.15) is 0 Å². The van der Waals surface area contributed by atoms with Gasteiger partial charge in [-0.3, -0.25) is 4.79 Å². The third kappa shape index (κ3) is 3.69. The molecule has 3 rings (SSSR count). The number of rotatable bonds is 7. The van der Waals surface area contributed by atoms with Crippen LogP contribution in [-0.2, 0) is 13.0 Å². The molecule has 0 saturated carbocycles. The van der Waals surface area contributed by atoms with E-state index in [-0.39, 0.29) is 5.78 Å². The summed E-state index contributed by atoms with van der Waals surface area (Å²) in [6, 6.07) is 9.69. The fourth-order valence-electron chi connectivity index (χ4n) is 2.64. The second-order valence-corrected chi connectivity index (χ2v) is 6.65. The number of carbonyl (C=O) groups is 1. The molecular formula is C19H21N3O2S. The van der Waals surface area contributed by atoms with Crippen LogP contribution in [0.15, 0.2) is 46.2 Å². The van der Waals surface area contributed by atoms with Crippen molar-refractivity contribution in [3.8, 4) is 11.4 Å². The molecule has 0 aliphatic rings. The van der Waals surface area contributed by atoms with E-state index in [1.807, 2.05) is 48.7 Å². The number of Topliss-reactive ketones (excluding diaryl/α,β-unsaturated/α-hetero) is 1. The lowest BCUT2D eigenvalue weighted by atomic mass is 10.1. The minimum atomic E-state index is 0.0966. The van der Waals surface area contributed by atoms with Gasteiger partial charge in [-0.05, 0) is 31.9 Å². The molecule has 1 aromatic carbocycles. The number of hydrogen-bond acceptors (Lipinski definition) is 5. The summed E-state index contributed by atoms with van der Waals surface area (Å²) in [5.41, 5.74) is 2.90. The highest BCUT2D eigenvalue weighted by Crippen LogP contribution is 2.27. The van der Waals surface area contributed by atoms with Gasteiger partial charge in [0.2, 0.25) is 0 Å². The molecule has 2 aromatic heterocycles. The summed E-state index contributed by atoms with van der Waals surface area (Å²) in [5.74, 6) is 2.02. The summed E-state index contributed by atoms with van der Waals surface area (Å²) in [6.07, 6.45) is 2.62. The lowest BCUT2D eigenvalue weighted by Crippen LogP contribution is -2.05. The minimum Gasteiger partial charge on any atom is -0.469 e. The van der Waals surface area contributed by atoms with E-state index in [9.17, 15) is 4.79 Å². The van der Waals surface area contributed by atoms with Crippen molar-refractivity contribution in [3.63, 3.8) is 0 Å². The highest BCUT2D eigenvalue weighted by Gasteiger charge is 2.17. The largest absolute Gasteiger partial charge is 0.469 e. The number of aryl methyl sites for hydroxylation is 2. The first-order valence-corrected chi connectivity index (χ1v) is 9.35. The maximum absolute atomic E-state index is 12.4. The van der Waals surface area contributed by atoms with Crippen molar-refractivity contribution in [1.82, 2.24) is 14.8 Å². The predicted molar refractivity (Wildman–Crippen MR) is 99.0 cm³/mol. The van der Waals surface area contributed by atoms with E-state index in [4.69, 9.17) is 4.42 Å². The van der Waals surface area contributed by atoms with E-state index < -0.39 is 0 Å². The summed E-state index contributed by atoms with van der Waals surface area (Å²) in [6.45, 7) is 6.77. The van der Waals surface area contributed by atoms with Gasteiger partial charge in [-0.1, -0.05) is 43.0 Å². The molecule has 0 atom stereocenters. The summed E-state index contributed by atoms with van der Waals surface area (Å²) >= 11 is 1.42. The van der Waals surface area contributed by atoms with E-state index in [1.165, 1.54) is 17.3 Å². The summed E-state index contributed by atoms with van der Waals surface area (Å²) in [4.78, 5) is 12.4. The third-order valence-corrected chi connectivity index (χ3v) is 5.12. The number of furan rings is 1. The Morgan fingerprint density at radius 2 is 1.92 bits per heavy atom. The summed E-state index contributed by atoms with van der Waals surface area (Å²) in [7, 11) is 0. The number of aromatic nitrogens is 3. The van der Waals surface area contributed by atoms with Crippen LogP contribution in [0.25, 0.3) is 11.4 Å². The second-order valence-electron chi connectivity index (χ2n) is 5.70. The Balaban J connectivity index is 1.74. The molecule has 0 fully saturated rings. The molecule has 0 N–H and O–H groups in total.